The Kier molecular flexibility index (Phi) is 5.04. The largest absolute Gasteiger partial charge is 0.399 e. The second kappa shape index (κ2) is 6.77. The Morgan fingerprint density at radius 1 is 1.35 bits per heavy atom. The van der Waals surface area contributed by atoms with Crippen molar-refractivity contribution in [2.24, 2.45) is 0 Å². The molecule has 0 saturated heterocycles. The van der Waals surface area contributed by atoms with Crippen molar-refractivity contribution in [1.82, 2.24) is 9.78 Å². The normalized spacial score (nSPS) is 10.9. The van der Waals surface area contributed by atoms with Gasteiger partial charge in [-0.25, -0.2) is 0 Å². The van der Waals surface area contributed by atoms with E-state index in [4.69, 9.17) is 22.1 Å². The van der Waals surface area contributed by atoms with Crippen LogP contribution in [0.15, 0.2) is 24.3 Å². The predicted molar refractivity (Wildman–Crippen MR) is 81.9 cm³/mol. The number of anilines is 1. The zero-order valence-electron chi connectivity index (χ0n) is 11.9. The minimum Gasteiger partial charge on any atom is -0.399 e. The first-order valence-corrected chi connectivity index (χ1v) is 7.14. The van der Waals surface area contributed by atoms with Crippen molar-refractivity contribution in [3.05, 3.63) is 46.2 Å². The lowest BCUT2D eigenvalue weighted by Gasteiger charge is -2.08. The fourth-order valence-corrected chi connectivity index (χ4v) is 2.31. The number of aryl methyl sites for hydroxylation is 2. The number of hydrogen-bond donors (Lipinski definition) is 1. The van der Waals surface area contributed by atoms with Crippen molar-refractivity contribution in [1.29, 1.82) is 0 Å². The predicted octanol–water partition coefficient (Wildman–Crippen LogP) is 3.21. The van der Waals surface area contributed by atoms with Crippen LogP contribution in [-0.2, 0) is 24.3 Å². The van der Waals surface area contributed by atoms with E-state index < -0.39 is 0 Å². The molecule has 0 unspecified atom stereocenters. The van der Waals surface area contributed by atoms with Gasteiger partial charge in [-0.1, -0.05) is 29.8 Å². The fraction of sp³-hybridized carbons (Fsp3) is 0.400. The zero-order valence-corrected chi connectivity index (χ0v) is 12.7. The number of halogens is 1. The summed E-state index contributed by atoms with van der Waals surface area (Å²) in [7, 11) is 0. The van der Waals surface area contributed by atoms with Gasteiger partial charge in [0.05, 0.1) is 29.6 Å². The minimum absolute atomic E-state index is 0.472. The van der Waals surface area contributed by atoms with E-state index >= 15 is 0 Å². The Labute approximate surface area is 124 Å². The summed E-state index contributed by atoms with van der Waals surface area (Å²) < 4.78 is 7.60. The van der Waals surface area contributed by atoms with Gasteiger partial charge in [-0.3, -0.25) is 4.68 Å². The van der Waals surface area contributed by atoms with E-state index in [1.165, 1.54) is 0 Å². The molecule has 0 atom stereocenters. The van der Waals surface area contributed by atoms with Crippen molar-refractivity contribution >= 4 is 17.3 Å². The number of aromatic nitrogens is 2. The van der Waals surface area contributed by atoms with Gasteiger partial charge < -0.3 is 10.5 Å². The number of ether oxygens (including phenoxy) is 1. The summed E-state index contributed by atoms with van der Waals surface area (Å²) in [4.78, 5) is 0. The lowest BCUT2D eigenvalue weighted by atomic mass is 10.1. The number of rotatable bonds is 6. The highest BCUT2D eigenvalue weighted by Crippen LogP contribution is 2.21. The molecule has 5 heteroatoms. The van der Waals surface area contributed by atoms with Crippen LogP contribution in [0.5, 0.6) is 0 Å². The average Bonchev–Trinajstić information content (AvgIpc) is 2.72. The van der Waals surface area contributed by atoms with E-state index in [0.717, 1.165) is 35.6 Å². The summed E-state index contributed by atoms with van der Waals surface area (Å²) in [5, 5.41) is 5.06. The average molecular weight is 294 g/mol. The highest BCUT2D eigenvalue weighted by atomic mass is 35.5. The van der Waals surface area contributed by atoms with E-state index in [1.54, 1.807) is 0 Å². The minimum atomic E-state index is 0.472. The molecular formula is C15H20ClN3O. The van der Waals surface area contributed by atoms with Crippen LogP contribution in [0.25, 0.3) is 0 Å². The molecule has 0 fully saturated rings. The van der Waals surface area contributed by atoms with E-state index in [2.05, 4.69) is 5.10 Å². The summed E-state index contributed by atoms with van der Waals surface area (Å²) in [6.07, 6.45) is 0.795. The van der Waals surface area contributed by atoms with Crippen molar-refractivity contribution in [2.75, 3.05) is 12.3 Å². The molecule has 2 N–H and O–H groups in total. The highest BCUT2D eigenvalue weighted by Gasteiger charge is 2.12. The molecule has 0 saturated carbocycles. The van der Waals surface area contributed by atoms with Crippen LogP contribution in [0.1, 0.15) is 23.9 Å². The Bertz CT molecular complexity index is 580. The topological polar surface area (TPSA) is 53.1 Å². The molecule has 0 aliphatic rings. The summed E-state index contributed by atoms with van der Waals surface area (Å²) in [5.41, 5.74) is 9.60. The van der Waals surface area contributed by atoms with Gasteiger partial charge in [0.15, 0.2) is 0 Å². The molecule has 108 valence electrons. The summed E-state index contributed by atoms with van der Waals surface area (Å²) in [5.74, 6) is 0. The molecule has 1 heterocycles. The van der Waals surface area contributed by atoms with E-state index in [1.807, 2.05) is 42.8 Å². The number of nitrogens with two attached hydrogens (primary N) is 1. The molecule has 1 aromatic carbocycles. The first kappa shape index (κ1) is 14.9. The van der Waals surface area contributed by atoms with Crippen molar-refractivity contribution in [2.45, 2.75) is 33.4 Å². The smallest absolute Gasteiger partial charge is 0.0900 e. The Balaban J connectivity index is 1.89. The van der Waals surface area contributed by atoms with Gasteiger partial charge in [0.2, 0.25) is 0 Å². The molecule has 2 rings (SSSR count). The maximum absolute atomic E-state index is 6.23. The van der Waals surface area contributed by atoms with Crippen LogP contribution < -0.4 is 5.73 Å². The van der Waals surface area contributed by atoms with Gasteiger partial charge in [0, 0.05) is 12.2 Å². The van der Waals surface area contributed by atoms with Crippen LogP contribution in [0.2, 0.25) is 5.02 Å². The highest BCUT2D eigenvalue weighted by molar-refractivity contribution is 6.31. The molecule has 0 amide bonds. The molecule has 1 aromatic heterocycles. The Hall–Kier alpha value is -1.52. The molecule has 0 bridgehead atoms. The summed E-state index contributed by atoms with van der Waals surface area (Å²) in [6, 6.07) is 7.84. The van der Waals surface area contributed by atoms with Crippen LogP contribution in [0.4, 0.5) is 5.69 Å². The molecule has 0 spiro atoms. The van der Waals surface area contributed by atoms with E-state index in [0.29, 0.717) is 18.2 Å². The quantitative estimate of drug-likeness (QED) is 0.657. The monoisotopic (exact) mass is 293 g/mol. The third-order valence-corrected chi connectivity index (χ3v) is 3.75. The Morgan fingerprint density at radius 3 is 2.80 bits per heavy atom. The van der Waals surface area contributed by atoms with Crippen LogP contribution in [-0.4, -0.2) is 16.4 Å². The van der Waals surface area contributed by atoms with Crippen molar-refractivity contribution in [3.63, 3.8) is 0 Å². The third kappa shape index (κ3) is 3.32. The van der Waals surface area contributed by atoms with Gasteiger partial charge in [-0.15, -0.1) is 0 Å². The van der Waals surface area contributed by atoms with Gasteiger partial charge >= 0.3 is 0 Å². The van der Waals surface area contributed by atoms with E-state index in [-0.39, 0.29) is 0 Å². The van der Waals surface area contributed by atoms with Crippen LogP contribution in [0.3, 0.4) is 0 Å². The van der Waals surface area contributed by atoms with Gasteiger partial charge in [-0.05, 0) is 31.9 Å². The molecule has 2 aromatic rings. The fourth-order valence-electron chi connectivity index (χ4n) is 2.12. The van der Waals surface area contributed by atoms with Gasteiger partial charge in [0.25, 0.3) is 0 Å². The molecular weight excluding hydrogens is 274 g/mol. The number of benzene rings is 1. The molecule has 0 radical (unpaired) electrons. The number of nitrogen functional groups attached to an aromatic ring is 1. The maximum atomic E-state index is 6.23. The number of nitrogens with zero attached hydrogens (tertiary/aromatic N) is 2. The number of hydrogen-bond acceptors (Lipinski definition) is 3. The molecule has 0 aliphatic heterocycles. The third-order valence-electron chi connectivity index (χ3n) is 3.26. The standard InChI is InChI=1S/C15H20ClN3O/c1-3-19-14(15(16)11(2)18-19)10-20-9-8-12-6-4-5-7-13(12)17/h4-7H,3,8-10,17H2,1-2H3. The maximum Gasteiger partial charge on any atom is 0.0900 e. The first-order valence-electron chi connectivity index (χ1n) is 6.76. The van der Waals surface area contributed by atoms with Crippen LogP contribution >= 0.6 is 11.6 Å². The lowest BCUT2D eigenvalue weighted by Crippen LogP contribution is -2.07. The molecule has 4 nitrogen and oxygen atoms in total. The SMILES string of the molecule is CCn1nc(C)c(Cl)c1COCCc1ccccc1N. The zero-order chi connectivity index (χ0) is 14.5. The first-order chi connectivity index (χ1) is 9.63. The van der Waals surface area contributed by atoms with Crippen molar-refractivity contribution in [3.8, 4) is 0 Å². The second-order valence-corrected chi connectivity index (χ2v) is 5.04. The van der Waals surface area contributed by atoms with Crippen LogP contribution in [0, 0.1) is 6.92 Å². The van der Waals surface area contributed by atoms with Gasteiger partial charge in [0.1, 0.15) is 0 Å². The molecule has 20 heavy (non-hydrogen) atoms. The summed E-state index contributed by atoms with van der Waals surface area (Å²) >= 11 is 6.23. The van der Waals surface area contributed by atoms with Crippen molar-refractivity contribution < 1.29 is 4.74 Å². The van der Waals surface area contributed by atoms with Gasteiger partial charge in [-0.2, -0.15) is 5.10 Å². The summed E-state index contributed by atoms with van der Waals surface area (Å²) in [6.45, 7) is 5.82. The lowest BCUT2D eigenvalue weighted by molar-refractivity contribution is 0.118. The second-order valence-electron chi connectivity index (χ2n) is 4.66. The number of para-hydroxylation sites is 1. The Morgan fingerprint density at radius 2 is 2.10 bits per heavy atom. The molecule has 0 aliphatic carbocycles. The van der Waals surface area contributed by atoms with E-state index in [9.17, 15) is 0 Å².